The SMILES string of the molecule is CC(C)C(NC(=O)Cn1c(=O)oc2ccccc21)c1ccc2c(c1)OCCCO2. The van der Waals surface area contributed by atoms with Crippen LogP contribution in [0.3, 0.4) is 0 Å². The molecule has 0 bridgehead atoms. The van der Waals surface area contributed by atoms with Gasteiger partial charge in [-0.1, -0.05) is 32.0 Å². The highest BCUT2D eigenvalue weighted by Gasteiger charge is 2.22. The number of rotatable bonds is 5. The molecule has 0 radical (unpaired) electrons. The highest BCUT2D eigenvalue weighted by molar-refractivity contribution is 5.79. The summed E-state index contributed by atoms with van der Waals surface area (Å²) in [6, 6.07) is 12.6. The van der Waals surface area contributed by atoms with Crippen molar-refractivity contribution < 1.29 is 18.7 Å². The Kier molecular flexibility index (Phi) is 5.29. The number of oxazole rings is 1. The van der Waals surface area contributed by atoms with Gasteiger partial charge in [0.1, 0.15) is 6.54 Å². The van der Waals surface area contributed by atoms with Gasteiger partial charge in [0.25, 0.3) is 0 Å². The molecule has 1 aromatic heterocycles. The highest BCUT2D eigenvalue weighted by Crippen LogP contribution is 2.34. The molecule has 7 nitrogen and oxygen atoms in total. The first kappa shape index (κ1) is 19.1. The standard InChI is InChI=1S/C22H24N2O5/c1-14(2)21(15-8-9-18-19(12-15)28-11-5-10-27-18)23-20(25)13-24-16-6-3-4-7-17(16)29-22(24)26/h3-4,6-9,12,14,21H,5,10-11,13H2,1-2H3,(H,23,25). The van der Waals surface area contributed by atoms with Crippen molar-refractivity contribution in [3.05, 3.63) is 58.6 Å². The third kappa shape index (κ3) is 3.99. The molecule has 1 atom stereocenters. The van der Waals surface area contributed by atoms with E-state index in [-0.39, 0.29) is 24.4 Å². The Hall–Kier alpha value is -3.22. The van der Waals surface area contributed by atoms with Gasteiger partial charge >= 0.3 is 5.76 Å². The normalized spacial score (nSPS) is 14.6. The summed E-state index contributed by atoms with van der Waals surface area (Å²) < 4.78 is 18.0. The fraction of sp³-hybridized carbons (Fsp3) is 0.364. The summed E-state index contributed by atoms with van der Waals surface area (Å²) in [5.41, 5.74) is 2.00. The topological polar surface area (TPSA) is 82.7 Å². The number of para-hydroxylation sites is 2. The van der Waals surface area contributed by atoms with Crippen molar-refractivity contribution in [2.45, 2.75) is 32.9 Å². The Morgan fingerprint density at radius 3 is 2.66 bits per heavy atom. The van der Waals surface area contributed by atoms with E-state index in [1.54, 1.807) is 24.3 Å². The number of nitrogens with one attached hydrogen (secondary N) is 1. The number of fused-ring (bicyclic) bond motifs is 2. The molecule has 1 unspecified atom stereocenters. The van der Waals surface area contributed by atoms with Gasteiger partial charge in [-0.25, -0.2) is 4.79 Å². The lowest BCUT2D eigenvalue weighted by atomic mass is 9.95. The summed E-state index contributed by atoms with van der Waals surface area (Å²) in [6.07, 6.45) is 0.835. The van der Waals surface area contributed by atoms with E-state index < -0.39 is 5.76 Å². The van der Waals surface area contributed by atoms with Gasteiger partial charge in [0, 0.05) is 6.42 Å². The Bertz CT molecular complexity index is 1080. The summed E-state index contributed by atoms with van der Waals surface area (Å²) in [5.74, 6) is 0.748. The second-order valence-corrected chi connectivity index (χ2v) is 7.47. The average Bonchev–Trinajstić information content (AvgIpc) is 2.87. The van der Waals surface area contributed by atoms with E-state index >= 15 is 0 Å². The summed E-state index contributed by atoms with van der Waals surface area (Å²) in [4.78, 5) is 24.9. The molecule has 1 aliphatic rings. The first-order valence-electron chi connectivity index (χ1n) is 9.80. The van der Waals surface area contributed by atoms with Crippen molar-refractivity contribution >= 4 is 17.0 Å². The molecule has 0 spiro atoms. The van der Waals surface area contributed by atoms with Gasteiger partial charge in [-0.05, 0) is 35.7 Å². The fourth-order valence-corrected chi connectivity index (χ4v) is 3.53. The van der Waals surface area contributed by atoms with Crippen LogP contribution in [0.25, 0.3) is 11.1 Å². The molecule has 2 heterocycles. The first-order valence-corrected chi connectivity index (χ1v) is 9.80. The van der Waals surface area contributed by atoms with Gasteiger partial charge in [-0.2, -0.15) is 0 Å². The molecule has 4 rings (SSSR count). The molecule has 1 N–H and O–H groups in total. The van der Waals surface area contributed by atoms with Crippen molar-refractivity contribution in [1.29, 1.82) is 0 Å². The van der Waals surface area contributed by atoms with Gasteiger partial charge < -0.3 is 19.2 Å². The lowest BCUT2D eigenvalue weighted by Crippen LogP contribution is -2.35. The van der Waals surface area contributed by atoms with Crippen LogP contribution in [0.1, 0.15) is 31.9 Å². The summed E-state index contributed by atoms with van der Waals surface area (Å²) >= 11 is 0. The zero-order chi connectivity index (χ0) is 20.4. The Morgan fingerprint density at radius 2 is 1.86 bits per heavy atom. The molecule has 3 aromatic rings. The monoisotopic (exact) mass is 396 g/mol. The Morgan fingerprint density at radius 1 is 1.10 bits per heavy atom. The second-order valence-electron chi connectivity index (χ2n) is 7.47. The molecule has 29 heavy (non-hydrogen) atoms. The number of ether oxygens (including phenoxy) is 2. The molecule has 152 valence electrons. The second kappa shape index (κ2) is 8.03. The lowest BCUT2D eigenvalue weighted by molar-refractivity contribution is -0.122. The van der Waals surface area contributed by atoms with Crippen LogP contribution in [0.2, 0.25) is 0 Å². The molecular weight excluding hydrogens is 372 g/mol. The molecule has 2 aromatic carbocycles. The maximum Gasteiger partial charge on any atom is 0.420 e. The molecule has 0 saturated carbocycles. The third-order valence-electron chi connectivity index (χ3n) is 4.99. The van der Waals surface area contributed by atoms with Crippen LogP contribution in [0.5, 0.6) is 11.5 Å². The number of nitrogens with zero attached hydrogens (tertiary/aromatic N) is 1. The van der Waals surface area contributed by atoms with Crippen molar-refractivity contribution in [1.82, 2.24) is 9.88 Å². The number of hydrogen-bond acceptors (Lipinski definition) is 5. The van der Waals surface area contributed by atoms with Crippen molar-refractivity contribution in [3.63, 3.8) is 0 Å². The molecule has 0 saturated heterocycles. The van der Waals surface area contributed by atoms with E-state index in [1.807, 2.05) is 32.0 Å². The maximum absolute atomic E-state index is 12.8. The van der Waals surface area contributed by atoms with Crippen LogP contribution in [0, 0.1) is 5.92 Å². The Balaban J connectivity index is 1.55. The number of benzene rings is 2. The van der Waals surface area contributed by atoms with Gasteiger partial charge in [0.05, 0.1) is 24.8 Å². The molecule has 1 amide bonds. The molecule has 1 aliphatic heterocycles. The summed E-state index contributed by atoms with van der Waals surface area (Å²) in [6.45, 7) is 5.19. The van der Waals surface area contributed by atoms with E-state index in [1.165, 1.54) is 4.57 Å². The minimum Gasteiger partial charge on any atom is -0.490 e. The zero-order valence-electron chi connectivity index (χ0n) is 16.5. The number of aromatic nitrogens is 1. The number of carbonyl (C=O) groups excluding carboxylic acids is 1. The van der Waals surface area contributed by atoms with Gasteiger partial charge in [-0.3, -0.25) is 9.36 Å². The number of hydrogen-bond donors (Lipinski definition) is 1. The zero-order valence-corrected chi connectivity index (χ0v) is 16.5. The number of amides is 1. The first-order chi connectivity index (χ1) is 14.0. The van der Waals surface area contributed by atoms with E-state index in [2.05, 4.69) is 5.32 Å². The lowest BCUT2D eigenvalue weighted by Gasteiger charge is -2.24. The van der Waals surface area contributed by atoms with Crippen LogP contribution >= 0.6 is 0 Å². The predicted molar refractivity (Wildman–Crippen MR) is 108 cm³/mol. The maximum atomic E-state index is 12.8. The molecule has 0 aliphatic carbocycles. The Labute approximate surface area is 168 Å². The van der Waals surface area contributed by atoms with E-state index in [4.69, 9.17) is 13.9 Å². The van der Waals surface area contributed by atoms with Crippen molar-refractivity contribution in [2.24, 2.45) is 5.92 Å². The third-order valence-corrected chi connectivity index (χ3v) is 4.99. The van der Waals surface area contributed by atoms with E-state index in [9.17, 15) is 9.59 Å². The number of carbonyl (C=O) groups is 1. The molecule has 7 heteroatoms. The summed E-state index contributed by atoms with van der Waals surface area (Å²) in [7, 11) is 0. The van der Waals surface area contributed by atoms with Crippen LogP contribution in [-0.4, -0.2) is 23.7 Å². The van der Waals surface area contributed by atoms with Crippen molar-refractivity contribution in [2.75, 3.05) is 13.2 Å². The highest BCUT2D eigenvalue weighted by atomic mass is 16.5. The van der Waals surface area contributed by atoms with Gasteiger partial charge in [0.15, 0.2) is 17.1 Å². The summed E-state index contributed by atoms with van der Waals surface area (Å²) in [5, 5.41) is 3.05. The van der Waals surface area contributed by atoms with Crippen LogP contribution in [-0.2, 0) is 11.3 Å². The predicted octanol–water partition coefficient (Wildman–Crippen LogP) is 3.27. The van der Waals surface area contributed by atoms with E-state index in [0.29, 0.717) is 30.1 Å². The smallest absolute Gasteiger partial charge is 0.420 e. The van der Waals surface area contributed by atoms with Crippen LogP contribution in [0.15, 0.2) is 51.7 Å². The minimum absolute atomic E-state index is 0.108. The quantitative estimate of drug-likeness (QED) is 0.716. The van der Waals surface area contributed by atoms with Crippen LogP contribution < -0.4 is 20.5 Å². The fourth-order valence-electron chi connectivity index (χ4n) is 3.53. The average molecular weight is 396 g/mol. The van der Waals surface area contributed by atoms with Crippen LogP contribution in [0.4, 0.5) is 0 Å². The largest absolute Gasteiger partial charge is 0.490 e. The molecule has 0 fully saturated rings. The molecular formula is C22H24N2O5. The minimum atomic E-state index is -0.543. The van der Waals surface area contributed by atoms with Gasteiger partial charge in [0.2, 0.25) is 5.91 Å². The van der Waals surface area contributed by atoms with Gasteiger partial charge in [-0.15, -0.1) is 0 Å². The van der Waals surface area contributed by atoms with E-state index in [0.717, 1.165) is 17.7 Å². The van der Waals surface area contributed by atoms with Crippen molar-refractivity contribution in [3.8, 4) is 11.5 Å².